The molecule has 4 heteroatoms. The van der Waals surface area contributed by atoms with E-state index in [0.717, 1.165) is 12.3 Å². The lowest BCUT2D eigenvalue weighted by atomic mass is 9.84. The van der Waals surface area contributed by atoms with Gasteiger partial charge in [0, 0.05) is 18.3 Å². The minimum Gasteiger partial charge on any atom is -0.313 e. The molecule has 0 amide bonds. The maximum Gasteiger partial charge on any atom is 0.151 e. The molecule has 102 valence electrons. The first-order chi connectivity index (χ1) is 8.05. The van der Waals surface area contributed by atoms with Crippen LogP contribution in [0.4, 0.5) is 0 Å². The van der Waals surface area contributed by atoms with Crippen molar-refractivity contribution < 1.29 is 8.42 Å². The third-order valence-corrected chi connectivity index (χ3v) is 5.61. The molecule has 1 rings (SSSR count). The van der Waals surface area contributed by atoms with Gasteiger partial charge in [0.25, 0.3) is 0 Å². The van der Waals surface area contributed by atoms with E-state index in [-0.39, 0.29) is 5.75 Å². The van der Waals surface area contributed by atoms with Gasteiger partial charge in [-0.05, 0) is 32.1 Å². The molecule has 0 aromatic rings. The van der Waals surface area contributed by atoms with Gasteiger partial charge >= 0.3 is 0 Å². The Bertz CT molecular complexity index is 295. The minimum absolute atomic E-state index is 0.290. The highest BCUT2D eigenvalue weighted by molar-refractivity contribution is 7.91. The topological polar surface area (TPSA) is 46.2 Å². The Morgan fingerprint density at radius 1 is 1.18 bits per heavy atom. The molecule has 0 saturated heterocycles. The molecular formula is C13H27NO2S. The zero-order chi connectivity index (χ0) is 12.7. The van der Waals surface area contributed by atoms with E-state index in [0.29, 0.717) is 18.3 Å². The summed E-state index contributed by atoms with van der Waals surface area (Å²) in [6.45, 7) is 4.72. The van der Waals surface area contributed by atoms with Gasteiger partial charge in [0.2, 0.25) is 0 Å². The zero-order valence-electron chi connectivity index (χ0n) is 11.2. The molecule has 0 aliphatic heterocycles. The van der Waals surface area contributed by atoms with Crippen LogP contribution >= 0.6 is 0 Å². The van der Waals surface area contributed by atoms with E-state index in [4.69, 9.17) is 0 Å². The van der Waals surface area contributed by atoms with Crippen LogP contribution in [0, 0.1) is 5.92 Å². The van der Waals surface area contributed by atoms with Crippen LogP contribution in [0.2, 0.25) is 0 Å². The van der Waals surface area contributed by atoms with Gasteiger partial charge in [-0.3, -0.25) is 0 Å². The molecule has 0 aromatic carbocycles. The summed E-state index contributed by atoms with van der Waals surface area (Å²) in [5.41, 5.74) is 0. The molecule has 17 heavy (non-hydrogen) atoms. The molecular weight excluding hydrogens is 234 g/mol. The SMILES string of the molecule is CCCS(=O)(=O)CCN[C@H](C)C1CCCCC1. The van der Waals surface area contributed by atoms with Crippen LogP contribution < -0.4 is 5.32 Å². The molecule has 1 atom stereocenters. The first-order valence-corrected chi connectivity index (χ1v) is 8.81. The second-order valence-corrected chi connectivity index (χ2v) is 7.60. The van der Waals surface area contributed by atoms with Gasteiger partial charge in [-0.1, -0.05) is 26.2 Å². The summed E-state index contributed by atoms with van der Waals surface area (Å²) >= 11 is 0. The van der Waals surface area contributed by atoms with Crippen LogP contribution in [0.25, 0.3) is 0 Å². The van der Waals surface area contributed by atoms with E-state index < -0.39 is 9.84 Å². The van der Waals surface area contributed by atoms with Gasteiger partial charge in [-0.15, -0.1) is 0 Å². The fraction of sp³-hybridized carbons (Fsp3) is 1.00. The standard InChI is InChI=1S/C13H27NO2S/c1-3-10-17(15,16)11-9-14-12(2)13-7-5-4-6-8-13/h12-14H,3-11H2,1-2H3/t12-/m1/s1. The van der Waals surface area contributed by atoms with Crippen molar-refractivity contribution in [3.8, 4) is 0 Å². The van der Waals surface area contributed by atoms with E-state index in [1.807, 2.05) is 6.92 Å². The third kappa shape index (κ3) is 5.87. The maximum absolute atomic E-state index is 11.5. The number of rotatable bonds is 7. The molecule has 1 N–H and O–H groups in total. The summed E-state index contributed by atoms with van der Waals surface area (Å²) in [7, 11) is -2.82. The van der Waals surface area contributed by atoms with Gasteiger partial charge in [0.15, 0.2) is 9.84 Å². The largest absolute Gasteiger partial charge is 0.313 e. The van der Waals surface area contributed by atoms with Crippen molar-refractivity contribution in [3.05, 3.63) is 0 Å². The number of nitrogens with one attached hydrogen (secondary N) is 1. The van der Waals surface area contributed by atoms with Crippen LogP contribution in [0.5, 0.6) is 0 Å². The van der Waals surface area contributed by atoms with Crippen molar-refractivity contribution in [1.29, 1.82) is 0 Å². The molecule has 0 unspecified atom stereocenters. The summed E-state index contributed by atoms with van der Waals surface area (Å²) in [6.07, 6.45) is 7.37. The molecule has 1 saturated carbocycles. The molecule has 1 fully saturated rings. The fourth-order valence-corrected chi connectivity index (χ4v) is 3.91. The quantitative estimate of drug-likeness (QED) is 0.765. The Morgan fingerprint density at radius 3 is 2.41 bits per heavy atom. The van der Waals surface area contributed by atoms with Gasteiger partial charge in [0.05, 0.1) is 5.75 Å². The van der Waals surface area contributed by atoms with E-state index in [9.17, 15) is 8.42 Å². The van der Waals surface area contributed by atoms with Crippen molar-refractivity contribution in [1.82, 2.24) is 5.32 Å². The first kappa shape index (κ1) is 15.0. The van der Waals surface area contributed by atoms with Crippen LogP contribution in [0.15, 0.2) is 0 Å². The molecule has 1 aliphatic carbocycles. The van der Waals surface area contributed by atoms with E-state index >= 15 is 0 Å². The van der Waals surface area contributed by atoms with Crippen LogP contribution in [0.3, 0.4) is 0 Å². The summed E-state index contributed by atoms with van der Waals surface area (Å²) in [5.74, 6) is 1.36. The normalized spacial score (nSPS) is 20.4. The lowest BCUT2D eigenvalue weighted by molar-refractivity contribution is 0.285. The van der Waals surface area contributed by atoms with E-state index in [1.54, 1.807) is 0 Å². The van der Waals surface area contributed by atoms with E-state index in [1.165, 1.54) is 32.1 Å². The van der Waals surface area contributed by atoms with Crippen molar-refractivity contribution >= 4 is 9.84 Å². The van der Waals surface area contributed by atoms with Crippen LogP contribution in [0.1, 0.15) is 52.4 Å². The Balaban J connectivity index is 2.21. The van der Waals surface area contributed by atoms with Crippen molar-refractivity contribution in [2.75, 3.05) is 18.1 Å². The summed E-state index contributed by atoms with van der Waals surface area (Å²) < 4.78 is 23.1. The second-order valence-electron chi connectivity index (χ2n) is 5.29. The lowest BCUT2D eigenvalue weighted by Gasteiger charge is -2.28. The van der Waals surface area contributed by atoms with E-state index in [2.05, 4.69) is 12.2 Å². The predicted octanol–water partition coefficient (Wildman–Crippen LogP) is 2.37. The highest BCUT2D eigenvalue weighted by Gasteiger charge is 2.20. The fourth-order valence-electron chi connectivity index (χ4n) is 2.66. The predicted molar refractivity (Wildman–Crippen MR) is 73.0 cm³/mol. The Kier molecular flexibility index (Phi) is 6.49. The van der Waals surface area contributed by atoms with Crippen LogP contribution in [-0.4, -0.2) is 32.5 Å². The molecule has 0 heterocycles. The average Bonchev–Trinajstić information content (AvgIpc) is 2.29. The Morgan fingerprint density at radius 2 is 1.82 bits per heavy atom. The second kappa shape index (κ2) is 7.37. The Hall–Kier alpha value is -0.0900. The van der Waals surface area contributed by atoms with Crippen molar-refractivity contribution in [3.63, 3.8) is 0 Å². The monoisotopic (exact) mass is 261 g/mol. The average molecular weight is 261 g/mol. The minimum atomic E-state index is -2.82. The smallest absolute Gasteiger partial charge is 0.151 e. The highest BCUT2D eigenvalue weighted by Crippen LogP contribution is 2.26. The Labute approximate surface area is 106 Å². The summed E-state index contributed by atoms with van der Waals surface area (Å²) in [5, 5.41) is 3.39. The summed E-state index contributed by atoms with van der Waals surface area (Å²) in [4.78, 5) is 0. The molecule has 0 bridgehead atoms. The van der Waals surface area contributed by atoms with Crippen LogP contribution in [-0.2, 0) is 9.84 Å². The third-order valence-electron chi connectivity index (χ3n) is 3.75. The molecule has 3 nitrogen and oxygen atoms in total. The first-order valence-electron chi connectivity index (χ1n) is 6.99. The summed E-state index contributed by atoms with van der Waals surface area (Å²) in [6, 6.07) is 0.465. The van der Waals surface area contributed by atoms with Gasteiger partial charge < -0.3 is 5.32 Å². The van der Waals surface area contributed by atoms with Gasteiger partial charge in [-0.25, -0.2) is 8.42 Å². The molecule has 0 aromatic heterocycles. The molecule has 1 aliphatic rings. The number of hydrogen-bond acceptors (Lipinski definition) is 3. The van der Waals surface area contributed by atoms with Crippen molar-refractivity contribution in [2.24, 2.45) is 5.92 Å². The number of sulfone groups is 1. The highest BCUT2D eigenvalue weighted by atomic mass is 32.2. The maximum atomic E-state index is 11.5. The molecule has 0 spiro atoms. The molecule has 0 radical (unpaired) electrons. The zero-order valence-corrected chi connectivity index (χ0v) is 12.1. The van der Waals surface area contributed by atoms with Gasteiger partial charge in [0.1, 0.15) is 0 Å². The number of hydrogen-bond donors (Lipinski definition) is 1. The van der Waals surface area contributed by atoms with Gasteiger partial charge in [-0.2, -0.15) is 0 Å². The lowest BCUT2D eigenvalue weighted by Crippen LogP contribution is -2.37. The van der Waals surface area contributed by atoms with Crippen molar-refractivity contribution in [2.45, 2.75) is 58.4 Å².